The van der Waals surface area contributed by atoms with Gasteiger partial charge in [-0.25, -0.2) is 14.5 Å². The molecular formula is C24H17ClN2O6. The number of furan rings is 1. The Labute approximate surface area is 193 Å². The van der Waals surface area contributed by atoms with Gasteiger partial charge >= 0.3 is 12.0 Å². The Balaban J connectivity index is 1.67. The third-order valence-corrected chi connectivity index (χ3v) is 5.57. The number of carboxylic acid groups (broad SMARTS) is 1. The van der Waals surface area contributed by atoms with Crippen LogP contribution in [-0.2, 0) is 9.59 Å². The molecule has 0 spiro atoms. The van der Waals surface area contributed by atoms with E-state index in [0.717, 1.165) is 10.5 Å². The minimum atomic E-state index is -1.04. The fourth-order valence-corrected chi connectivity index (χ4v) is 3.58. The smallest absolute Gasteiger partial charge is 0.335 e. The number of halogens is 1. The first-order valence-electron chi connectivity index (χ1n) is 9.77. The number of hydrogen-bond acceptors (Lipinski definition) is 5. The van der Waals surface area contributed by atoms with Crippen molar-refractivity contribution in [2.75, 3.05) is 4.90 Å². The van der Waals surface area contributed by atoms with Gasteiger partial charge in [-0.3, -0.25) is 14.9 Å². The van der Waals surface area contributed by atoms with Crippen LogP contribution in [0.4, 0.5) is 10.5 Å². The fourth-order valence-electron chi connectivity index (χ4n) is 3.40. The molecule has 0 bridgehead atoms. The third-order valence-electron chi connectivity index (χ3n) is 5.17. The van der Waals surface area contributed by atoms with Crippen molar-refractivity contribution in [2.45, 2.75) is 13.8 Å². The Morgan fingerprint density at radius 1 is 1.03 bits per heavy atom. The van der Waals surface area contributed by atoms with E-state index in [4.69, 9.17) is 21.1 Å². The number of carboxylic acids is 1. The van der Waals surface area contributed by atoms with Gasteiger partial charge in [0.05, 0.1) is 11.3 Å². The molecule has 8 nitrogen and oxygen atoms in total. The van der Waals surface area contributed by atoms with Crippen LogP contribution in [0.5, 0.6) is 0 Å². The van der Waals surface area contributed by atoms with Crippen molar-refractivity contribution in [3.8, 4) is 11.3 Å². The fraction of sp³-hybridized carbons (Fsp3) is 0.0833. The number of carbonyl (C=O) groups is 4. The van der Waals surface area contributed by atoms with Crippen LogP contribution < -0.4 is 10.2 Å². The largest absolute Gasteiger partial charge is 0.478 e. The summed E-state index contributed by atoms with van der Waals surface area (Å²) in [4.78, 5) is 49.7. The average Bonchev–Trinajstić information content (AvgIpc) is 3.21. The number of amides is 4. The molecule has 2 heterocycles. The van der Waals surface area contributed by atoms with E-state index < -0.39 is 23.8 Å². The molecule has 2 N–H and O–H groups in total. The standard InChI is InChI=1S/C24H17ClN2O6/c1-12-3-5-15(10-19(12)25)27-22(29)18(21(28)26-24(27)32)11-16-6-8-20(33-16)17-7-4-14(23(30)31)9-13(17)2/h3-11H,1-2H3,(H,30,31)(H,26,28,32)/b18-11-. The van der Waals surface area contributed by atoms with Crippen molar-refractivity contribution >= 4 is 47.2 Å². The van der Waals surface area contributed by atoms with Crippen LogP contribution in [0.25, 0.3) is 17.4 Å². The lowest BCUT2D eigenvalue weighted by Gasteiger charge is -2.26. The summed E-state index contributed by atoms with van der Waals surface area (Å²) in [6, 6.07) is 11.6. The molecule has 0 radical (unpaired) electrons. The summed E-state index contributed by atoms with van der Waals surface area (Å²) in [5.74, 6) is -2.06. The highest BCUT2D eigenvalue weighted by Gasteiger charge is 2.37. The molecule has 1 aliphatic rings. The van der Waals surface area contributed by atoms with Gasteiger partial charge in [-0.2, -0.15) is 0 Å². The van der Waals surface area contributed by atoms with Gasteiger partial charge in [0.1, 0.15) is 17.1 Å². The molecule has 0 saturated carbocycles. The highest BCUT2D eigenvalue weighted by Crippen LogP contribution is 2.29. The predicted octanol–water partition coefficient (Wildman–Crippen LogP) is 4.58. The Morgan fingerprint density at radius 3 is 2.45 bits per heavy atom. The molecule has 1 saturated heterocycles. The number of hydrogen-bond donors (Lipinski definition) is 2. The summed E-state index contributed by atoms with van der Waals surface area (Å²) in [5, 5.41) is 11.6. The van der Waals surface area contributed by atoms with Gasteiger partial charge in [-0.1, -0.05) is 23.7 Å². The summed E-state index contributed by atoms with van der Waals surface area (Å²) in [6.45, 7) is 3.53. The SMILES string of the molecule is Cc1ccc(N2C(=O)NC(=O)/C(=C/c3ccc(-c4ccc(C(=O)O)cc4C)o3)C2=O)cc1Cl. The number of benzene rings is 2. The summed E-state index contributed by atoms with van der Waals surface area (Å²) in [7, 11) is 0. The monoisotopic (exact) mass is 464 g/mol. The lowest BCUT2D eigenvalue weighted by Crippen LogP contribution is -2.54. The normalized spacial score (nSPS) is 15.2. The highest BCUT2D eigenvalue weighted by atomic mass is 35.5. The highest BCUT2D eigenvalue weighted by molar-refractivity contribution is 6.39. The Bertz CT molecular complexity index is 1370. The topological polar surface area (TPSA) is 117 Å². The van der Waals surface area contributed by atoms with Crippen LogP contribution in [0.2, 0.25) is 5.02 Å². The molecular weight excluding hydrogens is 448 g/mol. The molecule has 33 heavy (non-hydrogen) atoms. The van der Waals surface area contributed by atoms with Crippen LogP contribution in [0.1, 0.15) is 27.2 Å². The van der Waals surface area contributed by atoms with E-state index >= 15 is 0 Å². The van der Waals surface area contributed by atoms with Crippen molar-refractivity contribution in [3.63, 3.8) is 0 Å². The quantitative estimate of drug-likeness (QED) is 0.431. The number of carbonyl (C=O) groups excluding carboxylic acids is 3. The van der Waals surface area contributed by atoms with Gasteiger partial charge in [0.15, 0.2) is 0 Å². The number of barbiturate groups is 1. The minimum Gasteiger partial charge on any atom is -0.478 e. The molecule has 0 aliphatic carbocycles. The maximum Gasteiger partial charge on any atom is 0.335 e. The van der Waals surface area contributed by atoms with Crippen LogP contribution in [-0.4, -0.2) is 28.9 Å². The molecule has 9 heteroatoms. The van der Waals surface area contributed by atoms with Crippen molar-refractivity contribution in [1.82, 2.24) is 5.32 Å². The number of rotatable bonds is 4. The first kappa shape index (κ1) is 22.0. The number of nitrogens with one attached hydrogen (secondary N) is 1. The van der Waals surface area contributed by atoms with Crippen LogP contribution >= 0.6 is 11.6 Å². The van der Waals surface area contributed by atoms with Gasteiger partial charge < -0.3 is 9.52 Å². The second-order valence-electron chi connectivity index (χ2n) is 7.43. The van der Waals surface area contributed by atoms with Crippen molar-refractivity contribution in [2.24, 2.45) is 0 Å². The number of aryl methyl sites for hydroxylation is 2. The van der Waals surface area contributed by atoms with E-state index in [9.17, 15) is 19.2 Å². The van der Waals surface area contributed by atoms with Crippen LogP contribution in [0.15, 0.2) is 58.5 Å². The predicted molar refractivity (Wildman–Crippen MR) is 121 cm³/mol. The molecule has 1 fully saturated rings. The zero-order valence-corrected chi connectivity index (χ0v) is 18.3. The molecule has 4 amide bonds. The number of urea groups is 1. The number of aromatic carboxylic acids is 1. The van der Waals surface area contributed by atoms with Crippen molar-refractivity contribution in [3.05, 3.63) is 81.6 Å². The minimum absolute atomic E-state index is 0.149. The van der Waals surface area contributed by atoms with Gasteiger partial charge in [0.25, 0.3) is 11.8 Å². The van der Waals surface area contributed by atoms with E-state index in [-0.39, 0.29) is 22.6 Å². The van der Waals surface area contributed by atoms with Crippen LogP contribution in [0, 0.1) is 13.8 Å². The lowest BCUT2D eigenvalue weighted by molar-refractivity contribution is -0.122. The number of anilines is 1. The summed E-state index contributed by atoms with van der Waals surface area (Å²) in [6.07, 6.45) is 1.25. The molecule has 0 atom stereocenters. The molecule has 0 unspecified atom stereocenters. The average molecular weight is 465 g/mol. The zero-order chi connectivity index (χ0) is 23.9. The molecule has 3 aromatic rings. The molecule has 1 aliphatic heterocycles. The molecule has 4 rings (SSSR count). The Hall–Kier alpha value is -4.17. The Morgan fingerprint density at radius 2 is 1.79 bits per heavy atom. The second-order valence-corrected chi connectivity index (χ2v) is 7.84. The van der Waals surface area contributed by atoms with E-state index in [2.05, 4.69) is 5.32 Å². The van der Waals surface area contributed by atoms with Crippen molar-refractivity contribution < 1.29 is 28.7 Å². The Kier molecular flexibility index (Phi) is 5.61. The van der Waals surface area contributed by atoms with E-state index in [0.29, 0.717) is 21.9 Å². The van der Waals surface area contributed by atoms with Gasteiger partial charge in [-0.05, 0) is 67.4 Å². The zero-order valence-electron chi connectivity index (χ0n) is 17.5. The van der Waals surface area contributed by atoms with E-state index in [1.54, 1.807) is 44.2 Å². The van der Waals surface area contributed by atoms with Gasteiger partial charge in [0, 0.05) is 10.6 Å². The van der Waals surface area contributed by atoms with Crippen molar-refractivity contribution in [1.29, 1.82) is 0 Å². The number of imide groups is 2. The molecule has 1 aromatic heterocycles. The summed E-state index contributed by atoms with van der Waals surface area (Å²) < 4.78 is 5.77. The maximum absolute atomic E-state index is 13.0. The van der Waals surface area contributed by atoms with E-state index in [1.165, 1.54) is 24.3 Å². The number of nitrogens with zero attached hydrogens (tertiary/aromatic N) is 1. The van der Waals surface area contributed by atoms with Gasteiger partial charge in [-0.15, -0.1) is 0 Å². The maximum atomic E-state index is 13.0. The summed E-state index contributed by atoms with van der Waals surface area (Å²) >= 11 is 6.13. The first-order valence-corrected chi connectivity index (χ1v) is 10.2. The molecule has 2 aromatic carbocycles. The summed E-state index contributed by atoms with van der Waals surface area (Å²) in [5.41, 5.74) is 2.20. The van der Waals surface area contributed by atoms with Crippen LogP contribution in [0.3, 0.4) is 0 Å². The second kappa shape index (κ2) is 8.40. The van der Waals surface area contributed by atoms with Gasteiger partial charge in [0.2, 0.25) is 0 Å². The third kappa shape index (κ3) is 4.16. The molecule has 166 valence electrons. The first-order chi connectivity index (χ1) is 15.7. The lowest BCUT2D eigenvalue weighted by atomic mass is 10.0. The van der Waals surface area contributed by atoms with E-state index in [1.807, 2.05) is 0 Å².